The van der Waals surface area contributed by atoms with E-state index in [1.54, 1.807) is 25.3 Å². The molecule has 1 N–H and O–H groups in total. The number of methoxy groups -OCH3 is 2. The Balaban J connectivity index is 2.31. The molecule has 1 heterocycles. The summed E-state index contributed by atoms with van der Waals surface area (Å²) in [5, 5.41) is 2.73. The van der Waals surface area contributed by atoms with Gasteiger partial charge in [0.2, 0.25) is 11.8 Å². The Morgan fingerprint density at radius 1 is 1.24 bits per heavy atom. The SMILES string of the molecule is CCCC1NC(=O)CN(c2ccc(OC)c(OC)c2)C1=O. The smallest absolute Gasteiger partial charge is 0.250 e. The second-order valence-corrected chi connectivity index (χ2v) is 4.87. The molecular weight excluding hydrogens is 272 g/mol. The Hall–Kier alpha value is -2.24. The molecule has 1 aliphatic rings. The van der Waals surface area contributed by atoms with Crippen molar-refractivity contribution < 1.29 is 19.1 Å². The number of hydrogen-bond donors (Lipinski definition) is 1. The van der Waals surface area contributed by atoms with E-state index in [1.165, 1.54) is 12.0 Å². The van der Waals surface area contributed by atoms with Gasteiger partial charge in [0.15, 0.2) is 11.5 Å². The van der Waals surface area contributed by atoms with E-state index in [0.717, 1.165) is 6.42 Å². The summed E-state index contributed by atoms with van der Waals surface area (Å²) in [5.41, 5.74) is 0.633. The first-order valence-corrected chi connectivity index (χ1v) is 6.93. The van der Waals surface area contributed by atoms with Gasteiger partial charge in [-0.05, 0) is 18.6 Å². The average Bonchev–Trinajstić information content (AvgIpc) is 2.50. The van der Waals surface area contributed by atoms with Crippen LogP contribution in [-0.2, 0) is 9.59 Å². The summed E-state index contributed by atoms with van der Waals surface area (Å²) in [6.07, 6.45) is 1.46. The molecular formula is C15H20N2O4. The maximum absolute atomic E-state index is 12.5. The third-order valence-corrected chi connectivity index (χ3v) is 3.46. The first-order chi connectivity index (χ1) is 10.1. The van der Waals surface area contributed by atoms with Gasteiger partial charge in [0, 0.05) is 11.8 Å². The highest BCUT2D eigenvalue weighted by Crippen LogP contribution is 2.32. The van der Waals surface area contributed by atoms with Crippen molar-refractivity contribution in [2.24, 2.45) is 0 Å². The topological polar surface area (TPSA) is 67.9 Å². The van der Waals surface area contributed by atoms with Crippen LogP contribution < -0.4 is 19.7 Å². The lowest BCUT2D eigenvalue weighted by atomic mass is 10.1. The molecule has 0 spiro atoms. The Bertz CT molecular complexity index is 544. The average molecular weight is 292 g/mol. The van der Waals surface area contributed by atoms with Crippen LogP contribution in [0.15, 0.2) is 18.2 Å². The minimum absolute atomic E-state index is 0.0224. The van der Waals surface area contributed by atoms with Crippen LogP contribution in [0.2, 0.25) is 0 Å². The van der Waals surface area contributed by atoms with Gasteiger partial charge in [0.1, 0.15) is 12.6 Å². The molecule has 0 aliphatic carbocycles. The molecule has 0 radical (unpaired) electrons. The lowest BCUT2D eigenvalue weighted by molar-refractivity contribution is -0.131. The number of hydrogen-bond acceptors (Lipinski definition) is 4. The van der Waals surface area contributed by atoms with Crippen molar-refractivity contribution in [1.82, 2.24) is 5.32 Å². The number of anilines is 1. The minimum atomic E-state index is -0.454. The summed E-state index contributed by atoms with van der Waals surface area (Å²) in [6.45, 7) is 2.00. The molecule has 1 aromatic rings. The Kier molecular flexibility index (Phi) is 4.67. The van der Waals surface area contributed by atoms with Crippen LogP contribution in [0, 0.1) is 0 Å². The Morgan fingerprint density at radius 2 is 1.95 bits per heavy atom. The molecule has 0 aromatic heterocycles. The van der Waals surface area contributed by atoms with Crippen molar-refractivity contribution in [2.75, 3.05) is 25.7 Å². The summed E-state index contributed by atoms with van der Waals surface area (Å²) in [6, 6.07) is 4.73. The molecule has 6 nitrogen and oxygen atoms in total. The molecule has 1 atom stereocenters. The highest BCUT2D eigenvalue weighted by atomic mass is 16.5. The molecule has 2 rings (SSSR count). The van der Waals surface area contributed by atoms with Gasteiger partial charge < -0.3 is 19.7 Å². The van der Waals surface area contributed by atoms with Crippen molar-refractivity contribution in [1.29, 1.82) is 0 Å². The second-order valence-electron chi connectivity index (χ2n) is 4.87. The third-order valence-electron chi connectivity index (χ3n) is 3.46. The Labute approximate surface area is 124 Å². The summed E-state index contributed by atoms with van der Waals surface area (Å²) in [7, 11) is 3.08. The molecule has 21 heavy (non-hydrogen) atoms. The first kappa shape index (κ1) is 15.2. The van der Waals surface area contributed by atoms with E-state index in [1.807, 2.05) is 6.92 Å². The van der Waals surface area contributed by atoms with E-state index < -0.39 is 6.04 Å². The van der Waals surface area contributed by atoms with Crippen molar-refractivity contribution in [3.63, 3.8) is 0 Å². The van der Waals surface area contributed by atoms with E-state index in [0.29, 0.717) is 23.6 Å². The first-order valence-electron chi connectivity index (χ1n) is 6.93. The summed E-state index contributed by atoms with van der Waals surface area (Å²) >= 11 is 0. The van der Waals surface area contributed by atoms with E-state index in [2.05, 4.69) is 5.32 Å². The van der Waals surface area contributed by atoms with Crippen LogP contribution in [0.4, 0.5) is 5.69 Å². The zero-order chi connectivity index (χ0) is 15.4. The highest BCUT2D eigenvalue weighted by Gasteiger charge is 2.33. The van der Waals surface area contributed by atoms with E-state index in [4.69, 9.17) is 9.47 Å². The maximum Gasteiger partial charge on any atom is 0.250 e. The number of nitrogens with one attached hydrogen (secondary N) is 1. The Morgan fingerprint density at radius 3 is 2.57 bits per heavy atom. The predicted octanol–water partition coefficient (Wildman–Crippen LogP) is 1.34. The van der Waals surface area contributed by atoms with Crippen LogP contribution in [0.3, 0.4) is 0 Å². The van der Waals surface area contributed by atoms with Gasteiger partial charge in [0.05, 0.1) is 14.2 Å². The molecule has 1 fully saturated rings. The number of piperazine rings is 1. The largest absolute Gasteiger partial charge is 0.493 e. The highest BCUT2D eigenvalue weighted by molar-refractivity contribution is 6.06. The van der Waals surface area contributed by atoms with Gasteiger partial charge in [-0.2, -0.15) is 0 Å². The standard InChI is InChI=1S/C15H20N2O4/c1-4-5-11-15(19)17(9-14(18)16-11)10-6-7-12(20-2)13(8-10)21-3/h6-8,11H,4-5,9H2,1-3H3,(H,16,18). The second kappa shape index (κ2) is 6.47. The van der Waals surface area contributed by atoms with Gasteiger partial charge in [-0.3, -0.25) is 9.59 Å². The number of ether oxygens (including phenoxy) is 2. The zero-order valence-electron chi connectivity index (χ0n) is 12.5. The monoisotopic (exact) mass is 292 g/mol. The summed E-state index contributed by atoms with van der Waals surface area (Å²) < 4.78 is 10.4. The molecule has 2 amide bonds. The molecule has 114 valence electrons. The van der Waals surface area contributed by atoms with Crippen LogP contribution in [-0.4, -0.2) is 38.6 Å². The lowest BCUT2D eigenvalue weighted by Gasteiger charge is -2.32. The molecule has 1 aliphatic heterocycles. The van der Waals surface area contributed by atoms with Crippen molar-refractivity contribution in [2.45, 2.75) is 25.8 Å². The zero-order valence-corrected chi connectivity index (χ0v) is 12.5. The lowest BCUT2D eigenvalue weighted by Crippen LogP contribution is -2.58. The van der Waals surface area contributed by atoms with Crippen molar-refractivity contribution >= 4 is 17.5 Å². The molecule has 1 saturated heterocycles. The minimum Gasteiger partial charge on any atom is -0.493 e. The number of amides is 2. The van der Waals surface area contributed by atoms with Gasteiger partial charge >= 0.3 is 0 Å². The quantitative estimate of drug-likeness (QED) is 0.889. The fourth-order valence-corrected chi connectivity index (χ4v) is 2.41. The van der Waals surface area contributed by atoms with Crippen molar-refractivity contribution in [3.8, 4) is 11.5 Å². The summed E-state index contributed by atoms with van der Waals surface area (Å²) in [4.78, 5) is 25.7. The fourth-order valence-electron chi connectivity index (χ4n) is 2.41. The molecule has 0 saturated carbocycles. The van der Waals surface area contributed by atoms with E-state index in [-0.39, 0.29) is 18.4 Å². The molecule has 0 bridgehead atoms. The van der Waals surface area contributed by atoms with Crippen LogP contribution in [0.25, 0.3) is 0 Å². The van der Waals surface area contributed by atoms with Gasteiger partial charge in [0.25, 0.3) is 0 Å². The van der Waals surface area contributed by atoms with Gasteiger partial charge in [-0.1, -0.05) is 13.3 Å². The fraction of sp³-hybridized carbons (Fsp3) is 0.467. The number of rotatable bonds is 5. The van der Waals surface area contributed by atoms with Crippen LogP contribution in [0.5, 0.6) is 11.5 Å². The van der Waals surface area contributed by atoms with Crippen LogP contribution >= 0.6 is 0 Å². The maximum atomic E-state index is 12.5. The summed E-state index contributed by atoms with van der Waals surface area (Å²) in [5.74, 6) is 0.868. The van der Waals surface area contributed by atoms with E-state index >= 15 is 0 Å². The molecule has 1 unspecified atom stereocenters. The van der Waals surface area contributed by atoms with Gasteiger partial charge in [-0.15, -0.1) is 0 Å². The predicted molar refractivity (Wildman–Crippen MR) is 78.7 cm³/mol. The number of nitrogens with zero attached hydrogens (tertiary/aromatic N) is 1. The third kappa shape index (κ3) is 3.09. The molecule has 1 aromatic carbocycles. The number of carbonyl (C=O) groups is 2. The van der Waals surface area contributed by atoms with Crippen molar-refractivity contribution in [3.05, 3.63) is 18.2 Å². The normalized spacial score (nSPS) is 18.4. The van der Waals surface area contributed by atoms with Crippen LogP contribution in [0.1, 0.15) is 19.8 Å². The molecule has 6 heteroatoms. The number of carbonyl (C=O) groups excluding carboxylic acids is 2. The number of benzene rings is 1. The van der Waals surface area contributed by atoms with Gasteiger partial charge in [-0.25, -0.2) is 0 Å². The van der Waals surface area contributed by atoms with E-state index in [9.17, 15) is 9.59 Å².